The van der Waals surface area contributed by atoms with Gasteiger partial charge in [0, 0.05) is 42.9 Å². The highest BCUT2D eigenvalue weighted by Crippen LogP contribution is 2.37. The molecule has 1 atom stereocenters. The second kappa shape index (κ2) is 11.9. The van der Waals surface area contributed by atoms with E-state index in [-0.39, 0.29) is 12.7 Å². The summed E-state index contributed by atoms with van der Waals surface area (Å²) in [4.78, 5) is 33.9. The van der Waals surface area contributed by atoms with Gasteiger partial charge >= 0.3 is 12.1 Å². The first-order chi connectivity index (χ1) is 17.4. The Bertz CT molecular complexity index is 1170. The van der Waals surface area contributed by atoms with Gasteiger partial charge in [0.2, 0.25) is 0 Å². The third-order valence-corrected chi connectivity index (χ3v) is 7.11. The highest BCUT2D eigenvalue weighted by molar-refractivity contribution is 9.10. The number of rotatable bonds is 7. The number of benzene rings is 1. The van der Waals surface area contributed by atoms with Crippen molar-refractivity contribution >= 4 is 45.2 Å². The molecule has 0 radical (unpaired) electrons. The van der Waals surface area contributed by atoms with Crippen LogP contribution in [0.2, 0.25) is 0 Å². The monoisotopic (exact) mass is 580 g/mol. The van der Waals surface area contributed by atoms with E-state index in [1.54, 1.807) is 30.3 Å². The predicted octanol–water partition coefficient (Wildman–Crippen LogP) is 3.12. The van der Waals surface area contributed by atoms with Gasteiger partial charge in [-0.15, -0.1) is 10.2 Å². The first-order valence-electron chi connectivity index (χ1n) is 11.5. The molecule has 13 heteroatoms. The second-order valence-electron chi connectivity index (χ2n) is 7.99. The van der Waals surface area contributed by atoms with Crippen molar-refractivity contribution in [2.45, 2.75) is 19.9 Å². The summed E-state index contributed by atoms with van der Waals surface area (Å²) in [6.07, 6.45) is -0.328. The Hall–Kier alpha value is -2.90. The molecule has 10 nitrogen and oxygen atoms in total. The van der Waals surface area contributed by atoms with Crippen LogP contribution in [0, 0.1) is 5.82 Å². The van der Waals surface area contributed by atoms with Gasteiger partial charge in [-0.1, -0.05) is 33.3 Å². The molecule has 1 aromatic carbocycles. The van der Waals surface area contributed by atoms with Crippen LogP contribution in [0.15, 0.2) is 44.4 Å². The SMILES string of the molecule is CCOC(=O)C1=C(CN2CCN(C(=O)OCC)CC2)NC(c2nncs2)=NC1c1ccc(F)cc1Br. The molecule has 0 aliphatic carbocycles. The Balaban J connectivity index is 1.69. The van der Waals surface area contributed by atoms with Gasteiger partial charge in [0.1, 0.15) is 17.4 Å². The van der Waals surface area contributed by atoms with Gasteiger partial charge in [0.15, 0.2) is 10.8 Å². The quantitative estimate of drug-likeness (QED) is 0.497. The molecule has 0 saturated carbocycles. The molecule has 192 valence electrons. The van der Waals surface area contributed by atoms with Gasteiger partial charge < -0.3 is 19.7 Å². The number of hydrogen-bond acceptors (Lipinski definition) is 10. The van der Waals surface area contributed by atoms with Crippen LogP contribution in [0.25, 0.3) is 0 Å². The zero-order chi connectivity index (χ0) is 25.7. The number of aliphatic imine (C=N–C) groups is 1. The van der Waals surface area contributed by atoms with Gasteiger partial charge in [-0.25, -0.2) is 14.0 Å². The first-order valence-corrected chi connectivity index (χ1v) is 13.2. The molecule has 1 fully saturated rings. The van der Waals surface area contributed by atoms with Crippen molar-refractivity contribution in [2.24, 2.45) is 4.99 Å². The fraction of sp³-hybridized carbons (Fsp3) is 0.435. The number of amidine groups is 1. The Kier molecular flexibility index (Phi) is 8.64. The number of carbonyl (C=O) groups excluding carboxylic acids is 2. The van der Waals surface area contributed by atoms with Crippen LogP contribution < -0.4 is 5.32 Å². The highest BCUT2D eigenvalue weighted by atomic mass is 79.9. The van der Waals surface area contributed by atoms with Crippen molar-refractivity contribution in [1.29, 1.82) is 0 Å². The smallest absolute Gasteiger partial charge is 0.409 e. The molecule has 2 aliphatic heterocycles. The van der Waals surface area contributed by atoms with E-state index in [0.29, 0.717) is 71.5 Å². The molecule has 2 aromatic rings. The minimum absolute atomic E-state index is 0.193. The fourth-order valence-corrected chi connectivity index (χ4v) is 5.10. The largest absolute Gasteiger partial charge is 0.463 e. The zero-order valence-electron chi connectivity index (χ0n) is 19.9. The number of aromatic nitrogens is 2. The lowest BCUT2D eigenvalue weighted by Crippen LogP contribution is -2.50. The third-order valence-electron chi connectivity index (χ3n) is 5.72. The van der Waals surface area contributed by atoms with E-state index >= 15 is 0 Å². The average molecular weight is 581 g/mol. The molecule has 2 aliphatic rings. The Morgan fingerprint density at radius 2 is 1.94 bits per heavy atom. The summed E-state index contributed by atoms with van der Waals surface area (Å²) in [7, 11) is 0. The van der Waals surface area contributed by atoms with E-state index in [0.717, 1.165) is 0 Å². The van der Waals surface area contributed by atoms with Crippen LogP contribution in [-0.4, -0.2) is 83.8 Å². The maximum atomic E-state index is 13.9. The summed E-state index contributed by atoms with van der Waals surface area (Å²) in [5.41, 5.74) is 3.17. The number of halogens is 2. The molecule has 36 heavy (non-hydrogen) atoms. The number of ether oxygens (including phenoxy) is 2. The van der Waals surface area contributed by atoms with Crippen LogP contribution in [-0.2, 0) is 14.3 Å². The fourth-order valence-electron chi connectivity index (χ4n) is 4.03. The molecular weight excluding hydrogens is 555 g/mol. The summed E-state index contributed by atoms with van der Waals surface area (Å²) in [6.45, 7) is 6.62. The van der Waals surface area contributed by atoms with Crippen LogP contribution >= 0.6 is 27.3 Å². The molecule has 1 N–H and O–H groups in total. The van der Waals surface area contributed by atoms with Crippen LogP contribution in [0.4, 0.5) is 9.18 Å². The Labute approximate surface area is 220 Å². The molecule has 0 spiro atoms. The minimum Gasteiger partial charge on any atom is -0.463 e. The summed E-state index contributed by atoms with van der Waals surface area (Å²) in [5.74, 6) is -0.451. The van der Waals surface area contributed by atoms with Gasteiger partial charge in [-0.2, -0.15) is 0 Å². The predicted molar refractivity (Wildman–Crippen MR) is 135 cm³/mol. The summed E-state index contributed by atoms with van der Waals surface area (Å²) in [5, 5.41) is 11.9. The number of amides is 1. The van der Waals surface area contributed by atoms with Crippen molar-refractivity contribution in [1.82, 2.24) is 25.3 Å². The van der Waals surface area contributed by atoms with E-state index in [1.165, 1.54) is 23.5 Å². The highest BCUT2D eigenvalue weighted by Gasteiger charge is 2.35. The van der Waals surface area contributed by atoms with Gasteiger partial charge in [0.05, 0.1) is 18.8 Å². The lowest BCUT2D eigenvalue weighted by molar-refractivity contribution is -0.139. The second-order valence-corrected chi connectivity index (χ2v) is 9.68. The lowest BCUT2D eigenvalue weighted by Gasteiger charge is -2.36. The summed E-state index contributed by atoms with van der Waals surface area (Å²) >= 11 is 4.74. The minimum atomic E-state index is -0.755. The average Bonchev–Trinajstić information content (AvgIpc) is 3.39. The Morgan fingerprint density at radius 1 is 1.19 bits per heavy atom. The molecule has 1 aromatic heterocycles. The summed E-state index contributed by atoms with van der Waals surface area (Å²) in [6, 6.07) is 3.52. The van der Waals surface area contributed by atoms with E-state index in [4.69, 9.17) is 14.5 Å². The molecule has 3 heterocycles. The molecule has 0 bridgehead atoms. The van der Waals surface area contributed by atoms with Crippen LogP contribution in [0.3, 0.4) is 0 Å². The van der Waals surface area contributed by atoms with E-state index < -0.39 is 17.8 Å². The number of hydrogen-bond donors (Lipinski definition) is 1. The van der Waals surface area contributed by atoms with Gasteiger partial charge in [-0.05, 0) is 31.5 Å². The molecule has 4 rings (SSSR count). The van der Waals surface area contributed by atoms with E-state index in [2.05, 4.69) is 36.3 Å². The number of nitrogens with one attached hydrogen (secondary N) is 1. The number of nitrogens with zero attached hydrogens (tertiary/aromatic N) is 5. The standard InChI is InChI=1S/C23H26BrFN6O4S/c1-3-34-22(32)18-17(12-30-7-9-31(10-8-30)23(33)35-4-2)27-20(21-29-26-13-36-21)28-19(18)15-6-5-14(25)11-16(15)24/h5-6,11,13,19H,3-4,7-10,12H2,1-2H3,(H,27,28). The van der Waals surface area contributed by atoms with Crippen molar-refractivity contribution in [3.05, 3.63) is 55.8 Å². The number of piperazine rings is 1. The number of carbonyl (C=O) groups is 2. The topological polar surface area (TPSA) is 109 Å². The molecule has 1 amide bonds. The van der Waals surface area contributed by atoms with Crippen molar-refractivity contribution in [2.75, 3.05) is 45.9 Å². The van der Waals surface area contributed by atoms with Crippen molar-refractivity contribution in [3.63, 3.8) is 0 Å². The normalized spacial score (nSPS) is 18.5. The first kappa shape index (κ1) is 26.2. The summed E-state index contributed by atoms with van der Waals surface area (Å²) < 4.78 is 24.9. The maximum absolute atomic E-state index is 13.9. The van der Waals surface area contributed by atoms with Crippen molar-refractivity contribution < 1.29 is 23.5 Å². The van der Waals surface area contributed by atoms with E-state index in [9.17, 15) is 14.0 Å². The molecular formula is C23H26BrFN6O4S. The van der Waals surface area contributed by atoms with Crippen LogP contribution in [0.1, 0.15) is 30.5 Å². The molecule has 1 unspecified atom stereocenters. The molecule has 1 saturated heterocycles. The van der Waals surface area contributed by atoms with Gasteiger partial charge in [-0.3, -0.25) is 9.89 Å². The van der Waals surface area contributed by atoms with Crippen molar-refractivity contribution in [3.8, 4) is 0 Å². The maximum Gasteiger partial charge on any atom is 0.409 e. The van der Waals surface area contributed by atoms with Crippen LogP contribution in [0.5, 0.6) is 0 Å². The zero-order valence-corrected chi connectivity index (χ0v) is 22.3. The van der Waals surface area contributed by atoms with E-state index in [1.807, 2.05) is 0 Å². The lowest BCUT2D eigenvalue weighted by atomic mass is 9.95. The Morgan fingerprint density at radius 3 is 2.58 bits per heavy atom. The van der Waals surface area contributed by atoms with Gasteiger partial charge in [0.25, 0.3) is 0 Å². The number of esters is 1. The third kappa shape index (κ3) is 5.90.